The van der Waals surface area contributed by atoms with E-state index in [-0.39, 0.29) is 11.9 Å². The Labute approximate surface area is 125 Å². The summed E-state index contributed by atoms with van der Waals surface area (Å²) >= 11 is 0. The lowest BCUT2D eigenvalue weighted by Gasteiger charge is -2.35. The molecule has 3 rings (SSSR count). The lowest BCUT2D eigenvalue weighted by Crippen LogP contribution is -2.49. The van der Waals surface area contributed by atoms with Crippen LogP contribution in [0, 0.1) is 5.92 Å². The minimum atomic E-state index is 0.0229. The number of aromatic nitrogens is 2. The van der Waals surface area contributed by atoms with E-state index in [2.05, 4.69) is 10.3 Å². The molecule has 0 bridgehead atoms. The maximum Gasteiger partial charge on any atom is 0.225 e. The third kappa shape index (κ3) is 3.63. The van der Waals surface area contributed by atoms with Crippen molar-refractivity contribution in [2.75, 3.05) is 32.8 Å². The topological polar surface area (TPSA) is 59.4 Å². The molecule has 1 aromatic rings. The Morgan fingerprint density at radius 2 is 2.38 bits per heavy atom. The maximum atomic E-state index is 12.5. The van der Waals surface area contributed by atoms with Gasteiger partial charge in [-0.1, -0.05) is 0 Å². The molecule has 2 heterocycles. The summed E-state index contributed by atoms with van der Waals surface area (Å²) in [7, 11) is 1.97. The number of nitrogens with zero attached hydrogens (tertiary/aromatic N) is 3. The molecule has 1 saturated heterocycles. The molecule has 1 amide bonds. The van der Waals surface area contributed by atoms with Gasteiger partial charge < -0.3 is 19.5 Å². The van der Waals surface area contributed by atoms with E-state index in [9.17, 15) is 4.79 Å². The molecule has 1 atom stereocenters. The fraction of sp³-hybridized carbons (Fsp3) is 0.733. The predicted molar refractivity (Wildman–Crippen MR) is 78.7 cm³/mol. The van der Waals surface area contributed by atoms with Gasteiger partial charge in [-0.25, -0.2) is 4.98 Å². The summed E-state index contributed by atoms with van der Waals surface area (Å²) in [6, 6.07) is 0.0229. The first kappa shape index (κ1) is 14.5. The van der Waals surface area contributed by atoms with E-state index in [1.807, 2.05) is 22.7 Å². The SMILES string of the molecule is Cn1ccnc1C1CNCCN1C(=O)CCOCC1CC1. The largest absolute Gasteiger partial charge is 0.381 e. The van der Waals surface area contributed by atoms with E-state index in [1.165, 1.54) is 12.8 Å². The van der Waals surface area contributed by atoms with E-state index in [4.69, 9.17) is 4.74 Å². The Hall–Kier alpha value is -1.40. The number of carbonyl (C=O) groups is 1. The van der Waals surface area contributed by atoms with Gasteiger partial charge in [-0.3, -0.25) is 4.79 Å². The predicted octanol–water partition coefficient (Wildman–Crippen LogP) is 0.710. The normalized spacial score (nSPS) is 22.5. The standard InChI is InChI=1S/C15H24N4O2/c1-18-7-6-17-15(18)13-10-16-5-8-19(13)14(20)4-9-21-11-12-2-3-12/h6-7,12-13,16H,2-5,8-11H2,1H3. The number of amides is 1. The molecule has 1 saturated carbocycles. The molecule has 6 nitrogen and oxygen atoms in total. The van der Waals surface area contributed by atoms with Crippen molar-refractivity contribution < 1.29 is 9.53 Å². The molecule has 1 unspecified atom stereocenters. The van der Waals surface area contributed by atoms with Crippen LogP contribution in [0.1, 0.15) is 31.1 Å². The Morgan fingerprint density at radius 3 is 3.10 bits per heavy atom. The monoisotopic (exact) mass is 292 g/mol. The number of rotatable bonds is 6. The van der Waals surface area contributed by atoms with Crippen LogP contribution in [0.2, 0.25) is 0 Å². The van der Waals surface area contributed by atoms with Gasteiger partial charge in [0.05, 0.1) is 13.0 Å². The number of ether oxygens (including phenoxy) is 1. The summed E-state index contributed by atoms with van der Waals surface area (Å²) in [5.41, 5.74) is 0. The highest BCUT2D eigenvalue weighted by Crippen LogP contribution is 2.28. The summed E-state index contributed by atoms with van der Waals surface area (Å²) in [4.78, 5) is 18.8. The fourth-order valence-corrected chi connectivity index (χ4v) is 2.77. The van der Waals surface area contributed by atoms with Crippen LogP contribution in [0.5, 0.6) is 0 Å². The van der Waals surface area contributed by atoms with Crippen molar-refractivity contribution in [2.45, 2.75) is 25.3 Å². The molecule has 0 radical (unpaired) electrons. The fourth-order valence-electron chi connectivity index (χ4n) is 2.77. The Bertz CT molecular complexity index is 484. The van der Waals surface area contributed by atoms with Crippen molar-refractivity contribution in [2.24, 2.45) is 13.0 Å². The first-order valence-electron chi connectivity index (χ1n) is 7.81. The van der Waals surface area contributed by atoms with E-state index < -0.39 is 0 Å². The third-order valence-corrected chi connectivity index (χ3v) is 4.23. The van der Waals surface area contributed by atoms with Gasteiger partial charge in [0.2, 0.25) is 5.91 Å². The second-order valence-electron chi connectivity index (χ2n) is 5.97. The molecule has 1 aliphatic carbocycles. The van der Waals surface area contributed by atoms with E-state index in [0.717, 1.165) is 38.0 Å². The minimum absolute atomic E-state index is 0.0229. The van der Waals surface area contributed by atoms with Crippen molar-refractivity contribution >= 4 is 5.91 Å². The zero-order valence-electron chi connectivity index (χ0n) is 12.6. The lowest BCUT2D eigenvalue weighted by atomic mass is 10.1. The van der Waals surface area contributed by atoms with E-state index in [1.54, 1.807) is 6.20 Å². The molecule has 0 aromatic carbocycles. The smallest absolute Gasteiger partial charge is 0.225 e. The highest BCUT2D eigenvalue weighted by molar-refractivity contribution is 5.76. The molecule has 1 aromatic heterocycles. The number of hydrogen-bond donors (Lipinski definition) is 1. The summed E-state index contributed by atoms with van der Waals surface area (Å²) in [5, 5.41) is 3.35. The molecule has 1 N–H and O–H groups in total. The van der Waals surface area contributed by atoms with Gasteiger partial charge in [-0.15, -0.1) is 0 Å². The summed E-state index contributed by atoms with van der Waals surface area (Å²) in [5.74, 6) is 1.86. The number of imidazole rings is 1. The van der Waals surface area contributed by atoms with Gasteiger partial charge in [0.25, 0.3) is 0 Å². The Morgan fingerprint density at radius 1 is 1.52 bits per heavy atom. The molecule has 0 spiro atoms. The summed E-state index contributed by atoms with van der Waals surface area (Å²) in [6.07, 6.45) is 6.74. The van der Waals surface area contributed by atoms with Gasteiger partial charge >= 0.3 is 0 Å². The highest BCUT2D eigenvalue weighted by Gasteiger charge is 2.30. The highest BCUT2D eigenvalue weighted by atomic mass is 16.5. The molecule has 6 heteroatoms. The molecule has 116 valence electrons. The van der Waals surface area contributed by atoms with Gasteiger partial charge in [0, 0.05) is 45.7 Å². The number of hydrogen-bond acceptors (Lipinski definition) is 4. The van der Waals surface area contributed by atoms with Crippen molar-refractivity contribution in [3.05, 3.63) is 18.2 Å². The average Bonchev–Trinajstić information content (AvgIpc) is 3.23. The van der Waals surface area contributed by atoms with Crippen LogP contribution in [0.15, 0.2) is 12.4 Å². The average molecular weight is 292 g/mol. The van der Waals surface area contributed by atoms with Gasteiger partial charge in [0.15, 0.2) is 0 Å². The second-order valence-corrected chi connectivity index (χ2v) is 5.97. The van der Waals surface area contributed by atoms with Gasteiger partial charge in [-0.05, 0) is 18.8 Å². The van der Waals surface area contributed by atoms with Crippen LogP contribution in [0.4, 0.5) is 0 Å². The van der Waals surface area contributed by atoms with Crippen molar-refractivity contribution in [1.29, 1.82) is 0 Å². The number of carbonyl (C=O) groups excluding carboxylic acids is 1. The molecular formula is C15H24N4O2. The van der Waals surface area contributed by atoms with Gasteiger partial charge in [0.1, 0.15) is 11.9 Å². The molecule has 21 heavy (non-hydrogen) atoms. The maximum absolute atomic E-state index is 12.5. The third-order valence-electron chi connectivity index (χ3n) is 4.23. The molecule has 2 fully saturated rings. The van der Waals surface area contributed by atoms with Crippen LogP contribution in [-0.2, 0) is 16.6 Å². The van der Waals surface area contributed by atoms with Crippen LogP contribution >= 0.6 is 0 Å². The van der Waals surface area contributed by atoms with Crippen LogP contribution in [0.3, 0.4) is 0 Å². The first-order chi connectivity index (χ1) is 10.3. The Balaban J connectivity index is 1.55. The first-order valence-corrected chi connectivity index (χ1v) is 7.81. The van der Waals surface area contributed by atoms with Crippen LogP contribution < -0.4 is 5.32 Å². The molecular weight excluding hydrogens is 268 g/mol. The zero-order valence-corrected chi connectivity index (χ0v) is 12.6. The minimum Gasteiger partial charge on any atom is -0.381 e. The number of piperazine rings is 1. The lowest BCUT2D eigenvalue weighted by molar-refractivity contribution is -0.136. The van der Waals surface area contributed by atoms with Crippen LogP contribution in [-0.4, -0.2) is 53.2 Å². The second kappa shape index (κ2) is 6.58. The van der Waals surface area contributed by atoms with Gasteiger partial charge in [-0.2, -0.15) is 0 Å². The quantitative estimate of drug-likeness (QED) is 0.785. The van der Waals surface area contributed by atoms with Crippen molar-refractivity contribution in [1.82, 2.24) is 19.8 Å². The summed E-state index contributed by atoms with van der Waals surface area (Å²) < 4.78 is 7.57. The van der Waals surface area contributed by atoms with Crippen molar-refractivity contribution in [3.8, 4) is 0 Å². The Kier molecular flexibility index (Phi) is 4.55. The number of nitrogens with one attached hydrogen (secondary N) is 1. The van der Waals surface area contributed by atoms with Crippen molar-refractivity contribution in [3.63, 3.8) is 0 Å². The van der Waals surface area contributed by atoms with E-state index >= 15 is 0 Å². The molecule has 1 aliphatic heterocycles. The number of aryl methyl sites for hydroxylation is 1. The summed E-state index contributed by atoms with van der Waals surface area (Å²) in [6.45, 7) is 3.69. The van der Waals surface area contributed by atoms with E-state index in [0.29, 0.717) is 13.0 Å². The zero-order chi connectivity index (χ0) is 14.7. The molecule has 2 aliphatic rings. The van der Waals surface area contributed by atoms with Crippen LogP contribution in [0.25, 0.3) is 0 Å².